The average Bonchev–Trinajstić information content (AvgIpc) is 3.46. The van der Waals surface area contributed by atoms with Crippen LogP contribution in [0.5, 0.6) is 0 Å². The number of piperazine rings is 1. The van der Waals surface area contributed by atoms with Gasteiger partial charge < -0.3 is 10.2 Å². The molecule has 1 aliphatic heterocycles. The fraction of sp³-hybridized carbons (Fsp3) is 0.500. The maximum atomic E-state index is 4.85. The normalized spacial score (nSPS) is 16.7. The monoisotopic (exact) mass is 378 g/mol. The molecule has 1 aliphatic carbocycles. The summed E-state index contributed by atoms with van der Waals surface area (Å²) in [6, 6.07) is 6.05. The number of anilines is 1. The zero-order valence-electron chi connectivity index (χ0n) is 16.9. The van der Waals surface area contributed by atoms with Gasteiger partial charge in [-0.3, -0.25) is 4.98 Å². The van der Waals surface area contributed by atoms with Gasteiger partial charge in [0.25, 0.3) is 0 Å². The molecule has 1 N–H and O–H groups in total. The molecule has 6 nitrogen and oxygen atoms in total. The molecular weight excluding hydrogens is 348 g/mol. The molecule has 2 fully saturated rings. The molecule has 5 rings (SSSR count). The van der Waals surface area contributed by atoms with Crippen LogP contribution in [0, 0.1) is 12.8 Å². The van der Waals surface area contributed by atoms with Crippen molar-refractivity contribution < 1.29 is 0 Å². The Morgan fingerprint density at radius 3 is 2.64 bits per heavy atom. The second-order valence-electron chi connectivity index (χ2n) is 7.72. The minimum absolute atomic E-state index is 0.882. The summed E-state index contributed by atoms with van der Waals surface area (Å²) < 4.78 is 1.83. The number of nitrogens with zero attached hydrogens (tertiary/aromatic N) is 5. The lowest BCUT2D eigenvalue weighted by Gasteiger charge is -2.28. The van der Waals surface area contributed by atoms with Crippen molar-refractivity contribution in [2.24, 2.45) is 5.92 Å². The summed E-state index contributed by atoms with van der Waals surface area (Å²) in [5, 5.41) is 7.78. The Bertz CT molecular complexity index is 908. The van der Waals surface area contributed by atoms with E-state index in [1.165, 1.54) is 25.7 Å². The van der Waals surface area contributed by atoms with Gasteiger partial charge in [-0.15, -0.1) is 0 Å². The first-order valence-corrected chi connectivity index (χ1v) is 10.5. The molecule has 1 saturated heterocycles. The van der Waals surface area contributed by atoms with Gasteiger partial charge in [-0.25, -0.2) is 9.50 Å². The van der Waals surface area contributed by atoms with Crippen molar-refractivity contribution in [3.05, 3.63) is 42.5 Å². The number of pyridine rings is 1. The quantitative estimate of drug-likeness (QED) is 0.750. The van der Waals surface area contributed by atoms with Crippen molar-refractivity contribution in [2.45, 2.75) is 39.5 Å². The zero-order chi connectivity index (χ0) is 19.3. The lowest BCUT2D eigenvalue weighted by molar-refractivity contribution is 0.585. The summed E-state index contributed by atoms with van der Waals surface area (Å²) >= 11 is 0. The van der Waals surface area contributed by atoms with Crippen molar-refractivity contribution in [1.29, 1.82) is 0 Å². The van der Waals surface area contributed by atoms with Crippen LogP contribution in [0.4, 0.5) is 5.82 Å². The lowest BCUT2D eigenvalue weighted by Crippen LogP contribution is -2.43. The SMILES string of the molecule is CCCC1CC1.Cc1ncccc1-c1cnn2ccc(N3CCNCC3)nc12. The van der Waals surface area contributed by atoms with Crippen LogP contribution in [-0.2, 0) is 0 Å². The molecule has 0 unspecified atom stereocenters. The number of nitrogens with one attached hydrogen (secondary N) is 1. The van der Waals surface area contributed by atoms with E-state index in [0.29, 0.717) is 0 Å². The summed E-state index contributed by atoms with van der Waals surface area (Å²) in [5.41, 5.74) is 3.99. The number of aromatic nitrogens is 4. The van der Waals surface area contributed by atoms with Crippen LogP contribution in [0.3, 0.4) is 0 Å². The minimum Gasteiger partial charge on any atom is -0.354 e. The Morgan fingerprint density at radius 2 is 1.96 bits per heavy atom. The van der Waals surface area contributed by atoms with Gasteiger partial charge in [0.15, 0.2) is 5.65 Å². The van der Waals surface area contributed by atoms with Gasteiger partial charge in [-0.2, -0.15) is 5.10 Å². The molecule has 2 aliphatic rings. The number of aryl methyl sites for hydroxylation is 1. The molecule has 0 aromatic carbocycles. The van der Waals surface area contributed by atoms with Gasteiger partial charge in [0, 0.05) is 55.4 Å². The maximum absolute atomic E-state index is 4.85. The highest BCUT2D eigenvalue weighted by Gasteiger charge is 2.19. The zero-order valence-corrected chi connectivity index (χ0v) is 16.9. The van der Waals surface area contributed by atoms with E-state index in [-0.39, 0.29) is 0 Å². The standard InChI is InChI=1S/C16H18N6.C6H12/c1-12-13(3-2-5-18-12)14-11-19-22-8-4-15(20-16(14)22)21-9-6-17-7-10-21;1-2-3-6-4-5-6/h2-5,8,11,17H,6-7,9-10H2,1H3;6H,2-5H2,1H3. The molecule has 0 bridgehead atoms. The van der Waals surface area contributed by atoms with Gasteiger partial charge in [0.2, 0.25) is 0 Å². The molecule has 0 spiro atoms. The van der Waals surface area contributed by atoms with E-state index < -0.39 is 0 Å². The number of rotatable bonds is 4. The Balaban J connectivity index is 0.000000275. The van der Waals surface area contributed by atoms with E-state index in [9.17, 15) is 0 Å². The molecule has 0 atom stereocenters. The molecule has 148 valence electrons. The van der Waals surface area contributed by atoms with E-state index >= 15 is 0 Å². The van der Waals surface area contributed by atoms with E-state index in [1.54, 1.807) is 0 Å². The number of hydrogen-bond donors (Lipinski definition) is 1. The van der Waals surface area contributed by atoms with E-state index in [4.69, 9.17) is 4.98 Å². The fourth-order valence-electron chi connectivity index (χ4n) is 3.70. The molecule has 28 heavy (non-hydrogen) atoms. The smallest absolute Gasteiger partial charge is 0.165 e. The molecular formula is C22H30N6. The highest BCUT2D eigenvalue weighted by Crippen LogP contribution is 2.33. The van der Waals surface area contributed by atoms with E-state index in [2.05, 4.69) is 33.3 Å². The summed E-state index contributed by atoms with van der Waals surface area (Å²) in [6.07, 6.45) is 11.6. The Hall–Kier alpha value is -2.47. The minimum atomic E-state index is 0.882. The van der Waals surface area contributed by atoms with Crippen molar-refractivity contribution in [3.63, 3.8) is 0 Å². The van der Waals surface area contributed by atoms with E-state index in [0.717, 1.165) is 60.4 Å². The molecule has 0 amide bonds. The first-order chi connectivity index (χ1) is 13.8. The predicted octanol–water partition coefficient (Wildman–Crippen LogP) is 3.71. The third-order valence-electron chi connectivity index (χ3n) is 5.49. The van der Waals surface area contributed by atoms with Crippen LogP contribution in [-0.4, -0.2) is 45.8 Å². The molecule has 3 aromatic rings. The first kappa shape index (κ1) is 18.9. The summed E-state index contributed by atoms with van der Waals surface area (Å²) in [6.45, 7) is 8.25. The molecule has 1 saturated carbocycles. The van der Waals surface area contributed by atoms with E-state index in [1.807, 2.05) is 42.2 Å². The fourth-order valence-corrected chi connectivity index (χ4v) is 3.70. The highest BCUT2D eigenvalue weighted by atomic mass is 15.3. The molecule has 3 aromatic heterocycles. The van der Waals surface area contributed by atoms with Crippen LogP contribution < -0.4 is 10.2 Å². The van der Waals surface area contributed by atoms with Crippen molar-refractivity contribution in [3.8, 4) is 11.1 Å². The van der Waals surface area contributed by atoms with Gasteiger partial charge in [0.1, 0.15) is 5.82 Å². The molecule has 6 heteroatoms. The molecule has 0 radical (unpaired) electrons. The van der Waals surface area contributed by atoms with Crippen LogP contribution in [0.25, 0.3) is 16.8 Å². The summed E-state index contributed by atoms with van der Waals surface area (Å²) in [7, 11) is 0. The first-order valence-electron chi connectivity index (χ1n) is 10.5. The largest absolute Gasteiger partial charge is 0.354 e. The molecule has 4 heterocycles. The summed E-state index contributed by atoms with van der Waals surface area (Å²) in [5.74, 6) is 2.16. The number of hydrogen-bond acceptors (Lipinski definition) is 5. The average molecular weight is 379 g/mol. The van der Waals surface area contributed by atoms with Gasteiger partial charge in [-0.1, -0.05) is 38.7 Å². The third-order valence-corrected chi connectivity index (χ3v) is 5.49. The lowest BCUT2D eigenvalue weighted by atomic mass is 10.1. The Morgan fingerprint density at radius 1 is 1.14 bits per heavy atom. The second-order valence-corrected chi connectivity index (χ2v) is 7.72. The third kappa shape index (κ3) is 4.33. The van der Waals surface area contributed by atoms with Gasteiger partial charge in [-0.05, 0) is 25.0 Å². The number of fused-ring (bicyclic) bond motifs is 1. The Kier molecular flexibility index (Phi) is 5.86. The van der Waals surface area contributed by atoms with Gasteiger partial charge >= 0.3 is 0 Å². The highest BCUT2D eigenvalue weighted by molar-refractivity contribution is 5.79. The van der Waals surface area contributed by atoms with Gasteiger partial charge in [0.05, 0.1) is 6.20 Å². The van der Waals surface area contributed by atoms with Crippen LogP contribution >= 0.6 is 0 Å². The van der Waals surface area contributed by atoms with Crippen molar-refractivity contribution >= 4 is 11.5 Å². The topological polar surface area (TPSA) is 58.4 Å². The maximum Gasteiger partial charge on any atom is 0.165 e. The van der Waals surface area contributed by atoms with Crippen molar-refractivity contribution in [2.75, 3.05) is 31.1 Å². The second kappa shape index (κ2) is 8.69. The van der Waals surface area contributed by atoms with Crippen LogP contribution in [0.2, 0.25) is 0 Å². The van der Waals surface area contributed by atoms with Crippen molar-refractivity contribution in [1.82, 2.24) is 24.9 Å². The Labute approximate surface area is 167 Å². The van der Waals surface area contributed by atoms with Crippen LogP contribution in [0.15, 0.2) is 36.8 Å². The predicted molar refractivity (Wildman–Crippen MR) is 114 cm³/mol. The summed E-state index contributed by atoms with van der Waals surface area (Å²) in [4.78, 5) is 11.5. The van der Waals surface area contributed by atoms with Crippen LogP contribution in [0.1, 0.15) is 38.3 Å².